The van der Waals surface area contributed by atoms with Gasteiger partial charge in [0.15, 0.2) is 22.3 Å². The van der Waals surface area contributed by atoms with Crippen molar-refractivity contribution in [1.82, 2.24) is 8.96 Å². The van der Waals surface area contributed by atoms with Gasteiger partial charge in [-0.3, -0.25) is 9.11 Å². The maximum Gasteiger partial charge on any atom is 0.364 e. The fraction of sp³-hybridized carbons (Fsp3) is 0. The fourth-order valence-corrected chi connectivity index (χ4v) is 4.93. The number of fused-ring (bicyclic) bond motifs is 4. The van der Waals surface area contributed by atoms with Crippen LogP contribution in [-0.2, 0) is 20.4 Å². The minimum absolute atomic E-state index is 0.0358. The Balaban J connectivity index is 1.94. The van der Waals surface area contributed by atoms with Crippen molar-refractivity contribution in [3.8, 4) is 0 Å². The van der Waals surface area contributed by atoms with Gasteiger partial charge in [0.25, 0.3) is 10.1 Å². The number of aromatic nitrogens is 2. The highest BCUT2D eigenvalue weighted by Gasteiger charge is 2.20. The van der Waals surface area contributed by atoms with Crippen LogP contribution in [0.5, 0.6) is 0 Å². The molecule has 0 aliphatic carbocycles. The van der Waals surface area contributed by atoms with Crippen LogP contribution in [0.4, 0.5) is 0 Å². The minimum Gasteiger partial charge on any atom is -0.453 e. The molecule has 3 N–H and O–H groups in total. The highest BCUT2D eigenvalue weighted by Crippen LogP contribution is 2.34. The molecule has 0 aliphatic rings. The van der Waals surface area contributed by atoms with E-state index in [0.29, 0.717) is 15.0 Å². The van der Waals surface area contributed by atoms with Crippen molar-refractivity contribution in [2.75, 3.05) is 0 Å². The Morgan fingerprint density at radius 2 is 1.34 bits per heavy atom. The van der Waals surface area contributed by atoms with Crippen LogP contribution in [0.15, 0.2) is 56.2 Å². The molecular weight excluding hydrogens is 507 g/mol. The number of nitrogens with one attached hydrogen (secondary N) is 1. The van der Waals surface area contributed by atoms with E-state index in [0.717, 1.165) is 6.07 Å². The molecule has 0 unspecified atom stereocenters. The molecule has 2 aromatic heterocycles. The molecule has 0 spiro atoms. The highest BCUT2D eigenvalue weighted by molar-refractivity contribution is 7.85. The predicted molar refractivity (Wildman–Crippen MR) is 118 cm³/mol. The molecule has 14 heteroatoms. The summed E-state index contributed by atoms with van der Waals surface area (Å²) in [5.74, 6) is 0. The maximum absolute atomic E-state index is 12.2. The normalized spacial score (nSPS) is 12.9. The fourth-order valence-electron chi connectivity index (χ4n) is 3.34. The smallest absolute Gasteiger partial charge is 0.364 e. The Morgan fingerprint density at radius 3 is 2.03 bits per heavy atom. The molecule has 0 saturated heterocycles. The van der Waals surface area contributed by atoms with Gasteiger partial charge in [-0.05, 0) is 18.2 Å². The summed E-state index contributed by atoms with van der Waals surface area (Å²) in [5.41, 5.74) is 0.862. The molecule has 0 saturated carbocycles. The van der Waals surface area contributed by atoms with Crippen molar-refractivity contribution in [3.05, 3.63) is 52.5 Å². The van der Waals surface area contributed by atoms with Crippen LogP contribution in [0.1, 0.15) is 0 Å². The zero-order valence-corrected chi connectivity index (χ0v) is 18.5. The molecule has 5 aromatic rings. The van der Waals surface area contributed by atoms with Gasteiger partial charge in [-0.25, -0.2) is 3.97 Å². The lowest BCUT2D eigenvalue weighted by molar-refractivity contribution is 0.474. The summed E-state index contributed by atoms with van der Waals surface area (Å²) < 4.78 is 78.6. The van der Waals surface area contributed by atoms with E-state index in [2.05, 4.69) is 4.98 Å². The third-order valence-electron chi connectivity index (χ3n) is 4.69. The van der Waals surface area contributed by atoms with Gasteiger partial charge in [-0.2, -0.15) is 16.8 Å². The lowest BCUT2D eigenvalue weighted by Crippen LogP contribution is -2.13. The van der Waals surface area contributed by atoms with E-state index in [1.165, 1.54) is 36.4 Å². The van der Waals surface area contributed by atoms with E-state index in [-0.39, 0.29) is 48.3 Å². The van der Waals surface area contributed by atoms with E-state index in [9.17, 15) is 25.9 Å². The number of hydrogen-bond donors (Lipinski definition) is 3. The summed E-state index contributed by atoms with van der Waals surface area (Å²) in [6.07, 6.45) is 0. The van der Waals surface area contributed by atoms with Crippen LogP contribution in [0.3, 0.4) is 0 Å². The average molecular weight is 517 g/mol. The van der Waals surface area contributed by atoms with Crippen LogP contribution in [-0.4, -0.2) is 34.9 Å². The number of nitrogens with zero attached hydrogens (tertiary/aromatic N) is 1. The summed E-state index contributed by atoms with van der Waals surface area (Å²) >= 11 is 12.0. The maximum atomic E-state index is 12.2. The molecule has 0 bridgehead atoms. The van der Waals surface area contributed by atoms with Crippen molar-refractivity contribution in [1.29, 1.82) is 0 Å². The van der Waals surface area contributed by atoms with E-state index >= 15 is 0 Å². The molecule has 0 aliphatic heterocycles. The lowest BCUT2D eigenvalue weighted by atomic mass is 10.2. The van der Waals surface area contributed by atoms with Gasteiger partial charge in [0.1, 0.15) is 11.0 Å². The number of aromatic amines is 1. The van der Waals surface area contributed by atoms with Crippen LogP contribution >= 0.6 is 23.2 Å². The largest absolute Gasteiger partial charge is 0.453 e. The summed E-state index contributed by atoms with van der Waals surface area (Å²) in [5, 5.41) is 0.154. The van der Waals surface area contributed by atoms with Gasteiger partial charge in [-0.1, -0.05) is 23.2 Å². The Hall–Kier alpha value is -2.74. The second kappa shape index (κ2) is 6.88. The highest BCUT2D eigenvalue weighted by atomic mass is 35.5. The van der Waals surface area contributed by atoms with Gasteiger partial charge >= 0.3 is 10.3 Å². The van der Waals surface area contributed by atoms with Crippen molar-refractivity contribution in [2.24, 2.45) is 0 Å². The quantitative estimate of drug-likeness (QED) is 0.220. The van der Waals surface area contributed by atoms with Crippen LogP contribution in [0.2, 0.25) is 10.0 Å². The van der Waals surface area contributed by atoms with Crippen LogP contribution in [0.25, 0.3) is 44.4 Å². The van der Waals surface area contributed by atoms with Gasteiger partial charge in [-0.15, -0.1) is 0 Å². The standard InChI is InChI=1S/C18H10Cl2N2O8S2/c19-9-4-13-17(5-10(9)20)30-18-6-12-16(7-14(18)22(13)32(26,27)28)29-15-3-8(31(23,24)25)1-2-11(15)21-12/h1-7,21H,(H,23,24,25)(H,26,27,28). The van der Waals surface area contributed by atoms with Crippen molar-refractivity contribution in [2.45, 2.75) is 4.90 Å². The molecule has 2 heterocycles. The second-order valence-corrected chi connectivity index (χ2v) is 10.3. The molecule has 0 fully saturated rings. The Morgan fingerprint density at radius 1 is 0.750 bits per heavy atom. The Labute approximate surface area is 188 Å². The molecule has 32 heavy (non-hydrogen) atoms. The molecule has 0 radical (unpaired) electrons. The summed E-state index contributed by atoms with van der Waals surface area (Å²) in [6.45, 7) is 0. The van der Waals surface area contributed by atoms with Gasteiger partial charge in [0, 0.05) is 24.3 Å². The number of H-pyrrole nitrogens is 1. The molecule has 3 aromatic carbocycles. The molecule has 166 valence electrons. The molecular formula is C18H10Cl2N2O8S2. The van der Waals surface area contributed by atoms with E-state index in [1.54, 1.807) is 0 Å². The first kappa shape index (κ1) is 21.1. The number of rotatable bonds is 2. The third-order valence-corrected chi connectivity index (χ3v) is 7.12. The topological polar surface area (TPSA) is 156 Å². The first-order chi connectivity index (χ1) is 14.9. The van der Waals surface area contributed by atoms with Crippen molar-refractivity contribution in [3.63, 3.8) is 0 Å². The van der Waals surface area contributed by atoms with Gasteiger partial charge in [0.05, 0.1) is 26.0 Å². The second-order valence-electron chi connectivity index (χ2n) is 6.75. The lowest BCUT2D eigenvalue weighted by Gasteiger charge is -2.13. The van der Waals surface area contributed by atoms with E-state index in [1.807, 2.05) is 0 Å². The molecule has 0 atom stereocenters. The van der Waals surface area contributed by atoms with Crippen LogP contribution < -0.4 is 0 Å². The number of benzene rings is 3. The zero-order valence-electron chi connectivity index (χ0n) is 15.4. The monoisotopic (exact) mass is 516 g/mol. The molecule has 10 nitrogen and oxygen atoms in total. The summed E-state index contributed by atoms with van der Waals surface area (Å²) in [7, 11) is -9.30. The summed E-state index contributed by atoms with van der Waals surface area (Å²) in [6, 6.07) is 8.94. The van der Waals surface area contributed by atoms with Crippen molar-refractivity contribution < 1.29 is 34.8 Å². The number of hydrogen-bond acceptors (Lipinski definition) is 6. The zero-order chi connectivity index (χ0) is 23.0. The van der Waals surface area contributed by atoms with Gasteiger partial charge < -0.3 is 13.8 Å². The first-order valence-electron chi connectivity index (χ1n) is 8.61. The van der Waals surface area contributed by atoms with Gasteiger partial charge in [0.2, 0.25) is 0 Å². The average Bonchev–Trinajstić information content (AvgIpc) is 2.68. The first-order valence-corrected chi connectivity index (χ1v) is 12.2. The Bertz CT molecular complexity index is 1860. The molecule has 5 rings (SSSR count). The molecule has 0 amide bonds. The Kier molecular flexibility index (Phi) is 4.54. The van der Waals surface area contributed by atoms with E-state index < -0.39 is 20.4 Å². The van der Waals surface area contributed by atoms with Crippen molar-refractivity contribution >= 4 is 88.0 Å². The predicted octanol–water partition coefficient (Wildman–Crippen LogP) is 4.94. The number of halogens is 2. The van der Waals surface area contributed by atoms with Crippen LogP contribution in [0, 0.1) is 0 Å². The third kappa shape index (κ3) is 3.41. The van der Waals surface area contributed by atoms with E-state index in [4.69, 9.17) is 32.0 Å². The SMILES string of the molecule is O=S(=O)(O)c1ccc2[nH]c3cc4oc5cc(Cl)c(Cl)cc5n(S(=O)(=O)O)c4cc3oc2c1. The minimum atomic E-state index is -4.83. The summed E-state index contributed by atoms with van der Waals surface area (Å²) in [4.78, 5) is 2.62.